The van der Waals surface area contributed by atoms with E-state index in [0.29, 0.717) is 28.9 Å². The van der Waals surface area contributed by atoms with E-state index in [1.807, 2.05) is 0 Å². The van der Waals surface area contributed by atoms with E-state index in [0.717, 1.165) is 32.3 Å². The highest BCUT2D eigenvalue weighted by atomic mass is 35.5. The van der Waals surface area contributed by atoms with Crippen LogP contribution in [0.5, 0.6) is 5.75 Å². The van der Waals surface area contributed by atoms with Gasteiger partial charge in [-0.15, -0.1) is 0 Å². The Morgan fingerprint density at radius 3 is 3.05 bits per heavy atom. The molecular weight excluding hydrogens is 264 g/mol. The molecular formula is C15H19ClO3. The van der Waals surface area contributed by atoms with E-state index in [4.69, 9.17) is 21.1 Å². The van der Waals surface area contributed by atoms with Crippen LogP contribution in [-0.2, 0) is 4.74 Å². The number of benzene rings is 1. The maximum atomic E-state index is 12.1. The standard InChI is InChI=1S/C15H19ClO3/c1-18-15-10-11(16)7-8-13(15)14(17)6-2-4-12-5-3-9-19-12/h7-8,10,12H,2-6,9H2,1H3. The SMILES string of the molecule is COc1cc(Cl)ccc1C(=O)CCCC1CCCO1. The largest absolute Gasteiger partial charge is 0.496 e. The molecule has 19 heavy (non-hydrogen) atoms. The molecule has 3 nitrogen and oxygen atoms in total. The number of hydrogen-bond donors (Lipinski definition) is 0. The highest BCUT2D eigenvalue weighted by Gasteiger charge is 2.17. The molecule has 1 aliphatic heterocycles. The summed E-state index contributed by atoms with van der Waals surface area (Å²) >= 11 is 5.88. The van der Waals surface area contributed by atoms with E-state index in [1.54, 1.807) is 25.3 Å². The Morgan fingerprint density at radius 1 is 1.53 bits per heavy atom. The van der Waals surface area contributed by atoms with Crippen LogP contribution < -0.4 is 4.74 Å². The minimum atomic E-state index is 0.103. The molecule has 1 saturated heterocycles. The minimum Gasteiger partial charge on any atom is -0.496 e. The van der Waals surface area contributed by atoms with Gasteiger partial charge in [0.25, 0.3) is 0 Å². The molecule has 0 saturated carbocycles. The number of rotatable bonds is 6. The highest BCUT2D eigenvalue weighted by molar-refractivity contribution is 6.30. The van der Waals surface area contributed by atoms with Gasteiger partial charge in [0, 0.05) is 18.1 Å². The molecule has 1 unspecified atom stereocenters. The monoisotopic (exact) mass is 282 g/mol. The van der Waals surface area contributed by atoms with Gasteiger partial charge in [0.2, 0.25) is 0 Å². The van der Waals surface area contributed by atoms with Gasteiger partial charge in [-0.25, -0.2) is 0 Å². The van der Waals surface area contributed by atoms with E-state index < -0.39 is 0 Å². The summed E-state index contributed by atoms with van der Waals surface area (Å²) in [6.07, 6.45) is 4.96. The molecule has 0 aromatic heterocycles. The molecule has 0 amide bonds. The Morgan fingerprint density at radius 2 is 2.37 bits per heavy atom. The van der Waals surface area contributed by atoms with Crippen molar-refractivity contribution in [1.82, 2.24) is 0 Å². The summed E-state index contributed by atoms with van der Waals surface area (Å²) < 4.78 is 10.7. The average Bonchev–Trinajstić information content (AvgIpc) is 2.91. The van der Waals surface area contributed by atoms with E-state index in [9.17, 15) is 4.79 Å². The predicted octanol–water partition coefficient (Wildman–Crippen LogP) is 3.88. The van der Waals surface area contributed by atoms with Crippen LogP contribution in [-0.4, -0.2) is 25.6 Å². The van der Waals surface area contributed by atoms with Gasteiger partial charge in [-0.1, -0.05) is 11.6 Å². The first-order valence-corrected chi connectivity index (χ1v) is 7.07. The van der Waals surface area contributed by atoms with Crippen LogP contribution in [0.3, 0.4) is 0 Å². The molecule has 0 N–H and O–H groups in total. The Kier molecular flexibility index (Phi) is 5.23. The maximum Gasteiger partial charge on any atom is 0.166 e. The van der Waals surface area contributed by atoms with Crippen molar-refractivity contribution in [2.75, 3.05) is 13.7 Å². The van der Waals surface area contributed by atoms with E-state index in [2.05, 4.69) is 0 Å². The summed E-state index contributed by atoms with van der Waals surface area (Å²) in [5.41, 5.74) is 0.610. The van der Waals surface area contributed by atoms with Gasteiger partial charge < -0.3 is 9.47 Å². The zero-order valence-electron chi connectivity index (χ0n) is 11.2. The molecule has 0 bridgehead atoms. The number of ether oxygens (including phenoxy) is 2. The van der Waals surface area contributed by atoms with Crippen molar-refractivity contribution in [2.24, 2.45) is 0 Å². The summed E-state index contributed by atoms with van der Waals surface area (Å²) in [6, 6.07) is 5.13. The second kappa shape index (κ2) is 6.92. The van der Waals surface area contributed by atoms with Crippen molar-refractivity contribution >= 4 is 17.4 Å². The van der Waals surface area contributed by atoms with Gasteiger partial charge >= 0.3 is 0 Å². The summed E-state index contributed by atoms with van der Waals surface area (Å²) in [5.74, 6) is 0.654. The third kappa shape index (κ3) is 3.95. The number of methoxy groups -OCH3 is 1. The molecule has 1 atom stereocenters. The third-order valence-electron chi connectivity index (χ3n) is 3.42. The number of Topliss-reactive ketones (excluding diaryl/α,β-unsaturated/α-hetero) is 1. The molecule has 1 aromatic carbocycles. The van der Waals surface area contributed by atoms with Crippen molar-refractivity contribution in [1.29, 1.82) is 0 Å². The molecule has 0 radical (unpaired) electrons. The van der Waals surface area contributed by atoms with Crippen LogP contribution in [0.1, 0.15) is 42.5 Å². The van der Waals surface area contributed by atoms with Crippen molar-refractivity contribution in [3.8, 4) is 5.75 Å². The van der Waals surface area contributed by atoms with Gasteiger partial charge in [-0.3, -0.25) is 4.79 Å². The van der Waals surface area contributed by atoms with Crippen LogP contribution in [0.25, 0.3) is 0 Å². The first-order chi connectivity index (χ1) is 9.20. The number of halogens is 1. The second-order valence-corrected chi connectivity index (χ2v) is 5.23. The summed E-state index contributed by atoms with van der Waals surface area (Å²) in [5, 5.41) is 0.577. The quantitative estimate of drug-likeness (QED) is 0.743. The predicted molar refractivity (Wildman–Crippen MR) is 75.2 cm³/mol. The average molecular weight is 283 g/mol. The lowest BCUT2D eigenvalue weighted by Crippen LogP contribution is -2.07. The smallest absolute Gasteiger partial charge is 0.166 e. The van der Waals surface area contributed by atoms with Gasteiger partial charge in [0.05, 0.1) is 18.8 Å². The van der Waals surface area contributed by atoms with E-state index >= 15 is 0 Å². The lowest BCUT2D eigenvalue weighted by molar-refractivity contribution is 0.0921. The molecule has 4 heteroatoms. The van der Waals surface area contributed by atoms with Gasteiger partial charge in [-0.2, -0.15) is 0 Å². The van der Waals surface area contributed by atoms with Crippen molar-refractivity contribution < 1.29 is 14.3 Å². The Labute approximate surface area is 118 Å². The summed E-state index contributed by atoms with van der Waals surface area (Å²) in [7, 11) is 1.55. The minimum absolute atomic E-state index is 0.103. The first-order valence-electron chi connectivity index (χ1n) is 6.69. The Bertz CT molecular complexity index is 439. The molecule has 1 fully saturated rings. The third-order valence-corrected chi connectivity index (χ3v) is 3.65. The van der Waals surface area contributed by atoms with Crippen LogP contribution in [0.15, 0.2) is 18.2 Å². The number of ketones is 1. The summed E-state index contributed by atoms with van der Waals surface area (Å²) in [4.78, 5) is 12.1. The zero-order chi connectivity index (χ0) is 13.7. The zero-order valence-corrected chi connectivity index (χ0v) is 11.9. The molecule has 0 aliphatic carbocycles. The fraction of sp³-hybridized carbons (Fsp3) is 0.533. The number of carbonyl (C=O) groups is 1. The molecule has 1 aliphatic rings. The maximum absolute atomic E-state index is 12.1. The normalized spacial score (nSPS) is 18.5. The summed E-state index contributed by atoms with van der Waals surface area (Å²) in [6.45, 7) is 0.865. The van der Waals surface area contributed by atoms with E-state index in [1.165, 1.54) is 0 Å². The van der Waals surface area contributed by atoms with Crippen LogP contribution in [0.4, 0.5) is 0 Å². The lowest BCUT2D eigenvalue weighted by Gasteiger charge is -2.10. The van der Waals surface area contributed by atoms with Gasteiger partial charge in [0.1, 0.15) is 5.75 Å². The molecule has 104 valence electrons. The second-order valence-electron chi connectivity index (χ2n) is 4.80. The van der Waals surface area contributed by atoms with Crippen molar-refractivity contribution in [2.45, 2.75) is 38.2 Å². The molecule has 0 spiro atoms. The van der Waals surface area contributed by atoms with Crippen LogP contribution >= 0.6 is 11.6 Å². The Balaban J connectivity index is 1.88. The van der Waals surface area contributed by atoms with Gasteiger partial charge in [0.15, 0.2) is 5.78 Å². The number of carbonyl (C=O) groups excluding carboxylic acids is 1. The van der Waals surface area contributed by atoms with Crippen LogP contribution in [0.2, 0.25) is 5.02 Å². The highest BCUT2D eigenvalue weighted by Crippen LogP contribution is 2.25. The fourth-order valence-electron chi connectivity index (χ4n) is 2.39. The fourth-order valence-corrected chi connectivity index (χ4v) is 2.55. The van der Waals surface area contributed by atoms with Crippen molar-refractivity contribution in [3.05, 3.63) is 28.8 Å². The van der Waals surface area contributed by atoms with Gasteiger partial charge in [-0.05, 0) is 43.9 Å². The van der Waals surface area contributed by atoms with E-state index in [-0.39, 0.29) is 5.78 Å². The van der Waals surface area contributed by atoms with Crippen molar-refractivity contribution in [3.63, 3.8) is 0 Å². The molecule has 1 aromatic rings. The topological polar surface area (TPSA) is 35.5 Å². The molecule has 2 rings (SSSR count). The van der Waals surface area contributed by atoms with Crippen LogP contribution in [0, 0.1) is 0 Å². The first kappa shape index (κ1) is 14.4. The lowest BCUT2D eigenvalue weighted by atomic mass is 10.0. The number of hydrogen-bond acceptors (Lipinski definition) is 3. The Hall–Kier alpha value is -1.06. The molecule has 1 heterocycles.